The van der Waals surface area contributed by atoms with Crippen LogP contribution in [0.1, 0.15) is 15.2 Å². The van der Waals surface area contributed by atoms with Crippen LogP contribution < -0.4 is 11.1 Å². The molecule has 3 aromatic rings. The molecular weight excluding hydrogens is 336 g/mol. The molecule has 2 aromatic carbocycles. The number of aliphatic imine (C=N–C) groups is 1. The van der Waals surface area contributed by atoms with Crippen molar-refractivity contribution < 1.29 is 9.90 Å². The van der Waals surface area contributed by atoms with Crippen molar-refractivity contribution in [3.05, 3.63) is 71.1 Å². The van der Waals surface area contributed by atoms with E-state index in [2.05, 4.69) is 15.3 Å². The van der Waals surface area contributed by atoms with E-state index in [4.69, 9.17) is 5.73 Å². The number of thiazole rings is 1. The second kappa shape index (κ2) is 7.59. The van der Waals surface area contributed by atoms with E-state index in [1.54, 1.807) is 0 Å². The minimum Gasteiger partial charge on any atom is -0.477 e. The highest BCUT2D eigenvalue weighted by molar-refractivity contribution is 7.17. The highest BCUT2D eigenvalue weighted by Gasteiger charge is 2.18. The van der Waals surface area contributed by atoms with Crippen LogP contribution >= 0.6 is 11.3 Å². The van der Waals surface area contributed by atoms with E-state index in [0.717, 1.165) is 22.5 Å². The number of hydrogen-bond donors (Lipinski definition) is 3. The largest absolute Gasteiger partial charge is 0.477 e. The first kappa shape index (κ1) is 16.7. The SMILES string of the molecule is NC(=NCc1ccccc1)Nc1nc(-c2ccccc2)sc1C(=O)O. The van der Waals surface area contributed by atoms with Crippen LogP contribution in [0.15, 0.2) is 65.7 Å². The fourth-order valence-corrected chi connectivity index (χ4v) is 3.04. The molecule has 0 spiro atoms. The summed E-state index contributed by atoms with van der Waals surface area (Å²) in [5, 5.41) is 12.8. The van der Waals surface area contributed by atoms with Gasteiger partial charge in [-0.15, -0.1) is 11.3 Å². The van der Waals surface area contributed by atoms with Crippen molar-refractivity contribution in [2.45, 2.75) is 6.54 Å². The molecule has 0 bridgehead atoms. The number of nitrogens with two attached hydrogens (primary N) is 1. The summed E-state index contributed by atoms with van der Waals surface area (Å²) in [4.78, 5) is 20.2. The number of benzene rings is 2. The van der Waals surface area contributed by atoms with Gasteiger partial charge in [0.15, 0.2) is 16.7 Å². The fourth-order valence-electron chi connectivity index (χ4n) is 2.17. The number of guanidine groups is 1. The third-order valence-electron chi connectivity index (χ3n) is 3.36. The molecule has 4 N–H and O–H groups in total. The molecule has 6 nitrogen and oxygen atoms in total. The fraction of sp³-hybridized carbons (Fsp3) is 0.0556. The quantitative estimate of drug-likeness (QED) is 0.482. The van der Waals surface area contributed by atoms with E-state index in [9.17, 15) is 9.90 Å². The molecule has 0 amide bonds. The summed E-state index contributed by atoms with van der Waals surface area (Å²) >= 11 is 1.09. The maximum Gasteiger partial charge on any atom is 0.349 e. The number of anilines is 1. The van der Waals surface area contributed by atoms with E-state index in [-0.39, 0.29) is 16.7 Å². The third kappa shape index (κ3) is 4.21. The van der Waals surface area contributed by atoms with Crippen LogP contribution in [0.5, 0.6) is 0 Å². The number of nitrogens with zero attached hydrogens (tertiary/aromatic N) is 2. The molecule has 0 saturated heterocycles. The Bertz CT molecular complexity index is 892. The zero-order chi connectivity index (χ0) is 17.6. The van der Waals surface area contributed by atoms with Crippen LogP contribution in [0.3, 0.4) is 0 Å². The Kier molecular flexibility index (Phi) is 5.06. The van der Waals surface area contributed by atoms with Gasteiger partial charge in [0.05, 0.1) is 6.54 Å². The van der Waals surface area contributed by atoms with Crippen LogP contribution in [0.25, 0.3) is 10.6 Å². The Morgan fingerprint density at radius 3 is 2.40 bits per heavy atom. The van der Waals surface area contributed by atoms with Gasteiger partial charge in [-0.05, 0) is 5.56 Å². The first-order valence-corrected chi connectivity index (χ1v) is 8.35. The lowest BCUT2D eigenvalue weighted by Gasteiger charge is -2.03. The van der Waals surface area contributed by atoms with Crippen molar-refractivity contribution in [3.8, 4) is 10.6 Å². The van der Waals surface area contributed by atoms with Gasteiger partial charge in [0, 0.05) is 5.56 Å². The van der Waals surface area contributed by atoms with Crippen LogP contribution in [-0.4, -0.2) is 22.0 Å². The Morgan fingerprint density at radius 1 is 1.12 bits per heavy atom. The molecule has 7 heteroatoms. The highest BCUT2D eigenvalue weighted by atomic mass is 32.1. The van der Waals surface area contributed by atoms with Gasteiger partial charge in [-0.1, -0.05) is 60.7 Å². The molecule has 1 heterocycles. The van der Waals surface area contributed by atoms with E-state index in [1.165, 1.54) is 0 Å². The monoisotopic (exact) mass is 352 g/mol. The van der Waals surface area contributed by atoms with Crippen LogP contribution in [0.4, 0.5) is 5.82 Å². The number of aromatic carboxylic acids is 1. The minimum atomic E-state index is -1.06. The zero-order valence-electron chi connectivity index (χ0n) is 13.2. The number of carboxylic acid groups (broad SMARTS) is 1. The van der Waals surface area contributed by atoms with Crippen molar-refractivity contribution >= 4 is 29.1 Å². The van der Waals surface area contributed by atoms with E-state index in [0.29, 0.717) is 11.6 Å². The Morgan fingerprint density at radius 2 is 1.76 bits per heavy atom. The molecule has 0 atom stereocenters. The first-order chi connectivity index (χ1) is 12.1. The first-order valence-electron chi connectivity index (χ1n) is 7.54. The summed E-state index contributed by atoms with van der Waals surface area (Å²) < 4.78 is 0. The average Bonchev–Trinajstić information content (AvgIpc) is 3.06. The van der Waals surface area contributed by atoms with Crippen molar-refractivity contribution in [1.29, 1.82) is 0 Å². The number of aromatic nitrogens is 1. The van der Waals surface area contributed by atoms with Crippen LogP contribution in [-0.2, 0) is 6.54 Å². The predicted octanol–water partition coefficient (Wildman–Crippen LogP) is 3.44. The smallest absolute Gasteiger partial charge is 0.349 e. The second-order valence-electron chi connectivity index (χ2n) is 5.18. The lowest BCUT2D eigenvalue weighted by molar-refractivity contribution is 0.0703. The maximum atomic E-state index is 11.5. The Balaban J connectivity index is 1.81. The molecule has 25 heavy (non-hydrogen) atoms. The van der Waals surface area contributed by atoms with E-state index in [1.807, 2.05) is 60.7 Å². The van der Waals surface area contributed by atoms with Crippen LogP contribution in [0, 0.1) is 0 Å². The summed E-state index contributed by atoms with van der Waals surface area (Å²) in [6, 6.07) is 19.0. The number of hydrogen-bond acceptors (Lipinski definition) is 4. The normalized spacial score (nSPS) is 11.3. The standard InChI is InChI=1S/C18H16N4O2S/c19-18(20-11-12-7-3-1-4-8-12)22-15-14(17(23)24)25-16(21-15)13-9-5-2-6-10-13/h1-10H,11H2,(H,23,24)(H3,19,20,22). The van der Waals surface area contributed by atoms with Gasteiger partial charge in [-0.3, -0.25) is 0 Å². The molecule has 0 aliphatic carbocycles. The lowest BCUT2D eigenvalue weighted by Crippen LogP contribution is -2.23. The van der Waals surface area contributed by atoms with Gasteiger partial charge < -0.3 is 16.2 Å². The third-order valence-corrected chi connectivity index (χ3v) is 4.46. The van der Waals surface area contributed by atoms with Gasteiger partial charge in [-0.25, -0.2) is 14.8 Å². The zero-order valence-corrected chi connectivity index (χ0v) is 14.0. The molecular formula is C18H16N4O2S. The Labute approximate surface area is 148 Å². The number of carboxylic acids is 1. The summed E-state index contributed by atoms with van der Waals surface area (Å²) in [5.41, 5.74) is 7.74. The van der Waals surface area contributed by atoms with Crippen molar-refractivity contribution in [1.82, 2.24) is 4.98 Å². The summed E-state index contributed by atoms with van der Waals surface area (Å²) in [5.74, 6) is -0.736. The second-order valence-corrected chi connectivity index (χ2v) is 6.18. The van der Waals surface area contributed by atoms with Crippen molar-refractivity contribution in [2.24, 2.45) is 10.7 Å². The van der Waals surface area contributed by atoms with Crippen molar-refractivity contribution in [2.75, 3.05) is 5.32 Å². The van der Waals surface area contributed by atoms with Gasteiger partial charge in [0.1, 0.15) is 5.01 Å². The molecule has 0 aliphatic rings. The topological polar surface area (TPSA) is 101 Å². The van der Waals surface area contributed by atoms with Crippen LogP contribution in [0.2, 0.25) is 0 Å². The molecule has 0 radical (unpaired) electrons. The summed E-state index contributed by atoms with van der Waals surface area (Å²) in [6.07, 6.45) is 0. The average molecular weight is 352 g/mol. The molecule has 126 valence electrons. The Hall–Kier alpha value is -3.19. The lowest BCUT2D eigenvalue weighted by atomic mass is 10.2. The summed E-state index contributed by atoms with van der Waals surface area (Å²) in [7, 11) is 0. The van der Waals surface area contributed by atoms with Gasteiger partial charge in [0.25, 0.3) is 0 Å². The minimum absolute atomic E-state index is 0.0942. The molecule has 1 aromatic heterocycles. The van der Waals surface area contributed by atoms with Crippen molar-refractivity contribution in [3.63, 3.8) is 0 Å². The molecule has 0 fully saturated rings. The molecule has 0 saturated carbocycles. The number of nitrogens with one attached hydrogen (secondary N) is 1. The molecule has 0 aliphatic heterocycles. The van der Waals surface area contributed by atoms with Gasteiger partial charge >= 0.3 is 5.97 Å². The maximum absolute atomic E-state index is 11.5. The van der Waals surface area contributed by atoms with Gasteiger partial charge in [0.2, 0.25) is 0 Å². The summed E-state index contributed by atoms with van der Waals surface area (Å²) in [6.45, 7) is 0.401. The molecule has 3 rings (SSSR count). The highest BCUT2D eigenvalue weighted by Crippen LogP contribution is 2.30. The van der Waals surface area contributed by atoms with Gasteiger partial charge in [-0.2, -0.15) is 0 Å². The molecule has 0 unspecified atom stereocenters. The van der Waals surface area contributed by atoms with E-state index >= 15 is 0 Å². The predicted molar refractivity (Wildman–Crippen MR) is 99.9 cm³/mol. The van der Waals surface area contributed by atoms with E-state index < -0.39 is 5.97 Å². The number of carbonyl (C=O) groups is 1. The number of rotatable bonds is 5.